The van der Waals surface area contributed by atoms with Gasteiger partial charge in [0.25, 0.3) is 0 Å². The monoisotopic (exact) mass is 279 g/mol. The van der Waals surface area contributed by atoms with Crippen molar-refractivity contribution in [1.29, 1.82) is 0 Å². The summed E-state index contributed by atoms with van der Waals surface area (Å²) in [6.07, 6.45) is -3.97. The molecule has 9 heteroatoms. The van der Waals surface area contributed by atoms with Gasteiger partial charge in [-0.25, -0.2) is 9.78 Å². The van der Waals surface area contributed by atoms with Crippen molar-refractivity contribution in [1.82, 2.24) is 4.98 Å². The van der Waals surface area contributed by atoms with E-state index < -0.39 is 23.8 Å². The molecular weight excluding hydrogens is 267 g/mol. The van der Waals surface area contributed by atoms with Gasteiger partial charge in [-0.2, -0.15) is 0 Å². The molecule has 0 radical (unpaired) electrons. The minimum atomic E-state index is -5.00. The molecule has 0 aliphatic carbocycles. The molecule has 0 unspecified atom stereocenters. The van der Waals surface area contributed by atoms with Crippen molar-refractivity contribution in [2.45, 2.75) is 19.8 Å². The van der Waals surface area contributed by atoms with Crippen LogP contribution in [0.1, 0.15) is 23.0 Å². The molecule has 0 bridgehead atoms. The summed E-state index contributed by atoms with van der Waals surface area (Å²) in [5.74, 6) is -1.87. The highest BCUT2D eigenvalue weighted by Crippen LogP contribution is 2.32. The summed E-state index contributed by atoms with van der Waals surface area (Å²) >= 11 is 0. The van der Waals surface area contributed by atoms with Crippen LogP contribution in [0.4, 0.5) is 18.9 Å². The van der Waals surface area contributed by atoms with Crippen LogP contribution >= 0.6 is 0 Å². The van der Waals surface area contributed by atoms with E-state index in [0.717, 1.165) is 6.20 Å². The summed E-state index contributed by atoms with van der Waals surface area (Å²) in [5.41, 5.74) is 9.88. The number of alkyl halides is 3. The SMILES string of the molecule is CCOC(=O)c1ncc(N)c(CN)c1OC(F)(F)F. The van der Waals surface area contributed by atoms with Gasteiger partial charge < -0.3 is 20.9 Å². The molecule has 6 nitrogen and oxygen atoms in total. The number of nitrogen functional groups attached to an aromatic ring is 1. The fraction of sp³-hybridized carbons (Fsp3) is 0.400. The number of rotatable bonds is 4. The largest absolute Gasteiger partial charge is 0.573 e. The molecular formula is C10H12F3N3O3. The number of anilines is 1. The molecule has 0 spiro atoms. The number of nitrogens with two attached hydrogens (primary N) is 2. The maximum absolute atomic E-state index is 12.3. The van der Waals surface area contributed by atoms with Crippen molar-refractivity contribution in [2.24, 2.45) is 5.73 Å². The summed E-state index contributed by atoms with van der Waals surface area (Å²) in [6, 6.07) is 0. The molecule has 0 fully saturated rings. The minimum absolute atomic E-state index is 0.0195. The van der Waals surface area contributed by atoms with Crippen molar-refractivity contribution in [3.8, 4) is 5.75 Å². The Morgan fingerprint density at radius 2 is 2.11 bits per heavy atom. The van der Waals surface area contributed by atoms with Crippen LogP contribution in [0.3, 0.4) is 0 Å². The van der Waals surface area contributed by atoms with Gasteiger partial charge in [0, 0.05) is 12.1 Å². The smallest absolute Gasteiger partial charge is 0.461 e. The van der Waals surface area contributed by atoms with E-state index in [9.17, 15) is 18.0 Å². The zero-order valence-electron chi connectivity index (χ0n) is 9.95. The maximum atomic E-state index is 12.3. The summed E-state index contributed by atoms with van der Waals surface area (Å²) in [7, 11) is 0. The average Bonchev–Trinajstić information content (AvgIpc) is 2.27. The van der Waals surface area contributed by atoms with Crippen molar-refractivity contribution in [3.63, 3.8) is 0 Å². The zero-order chi connectivity index (χ0) is 14.6. The van der Waals surface area contributed by atoms with E-state index in [2.05, 4.69) is 14.5 Å². The van der Waals surface area contributed by atoms with E-state index in [1.165, 1.54) is 6.92 Å². The molecule has 1 rings (SSSR count). The van der Waals surface area contributed by atoms with Gasteiger partial charge in [-0.3, -0.25) is 0 Å². The molecule has 0 saturated heterocycles. The van der Waals surface area contributed by atoms with Gasteiger partial charge in [0.15, 0.2) is 11.4 Å². The zero-order valence-corrected chi connectivity index (χ0v) is 9.95. The van der Waals surface area contributed by atoms with Crippen LogP contribution in [0.25, 0.3) is 0 Å². The maximum Gasteiger partial charge on any atom is 0.573 e. The Morgan fingerprint density at radius 1 is 1.47 bits per heavy atom. The first kappa shape index (κ1) is 15.0. The standard InChI is InChI=1S/C10H12F3N3O3/c1-2-18-9(17)7-8(19-10(11,12)13)5(3-14)6(15)4-16-7/h4H,2-3,14-15H2,1H3. The number of esters is 1. The highest BCUT2D eigenvalue weighted by atomic mass is 19.4. The lowest BCUT2D eigenvalue weighted by atomic mass is 10.1. The first-order valence-electron chi connectivity index (χ1n) is 5.20. The quantitative estimate of drug-likeness (QED) is 0.803. The van der Waals surface area contributed by atoms with E-state index in [4.69, 9.17) is 11.5 Å². The van der Waals surface area contributed by atoms with Gasteiger partial charge in [-0.15, -0.1) is 13.2 Å². The Hall–Kier alpha value is -2.03. The first-order valence-corrected chi connectivity index (χ1v) is 5.20. The highest BCUT2D eigenvalue weighted by molar-refractivity contribution is 5.91. The van der Waals surface area contributed by atoms with E-state index in [1.54, 1.807) is 0 Å². The van der Waals surface area contributed by atoms with Crippen LogP contribution in [0, 0.1) is 0 Å². The highest BCUT2D eigenvalue weighted by Gasteiger charge is 2.35. The molecule has 0 aliphatic rings. The number of hydrogen-bond acceptors (Lipinski definition) is 6. The van der Waals surface area contributed by atoms with Gasteiger partial charge in [0.05, 0.1) is 18.5 Å². The Balaban J connectivity index is 3.34. The minimum Gasteiger partial charge on any atom is -0.461 e. The molecule has 19 heavy (non-hydrogen) atoms. The van der Waals surface area contributed by atoms with Gasteiger partial charge in [-0.1, -0.05) is 0 Å². The molecule has 0 atom stereocenters. The van der Waals surface area contributed by atoms with Crippen LogP contribution in [0.2, 0.25) is 0 Å². The van der Waals surface area contributed by atoms with Crippen molar-refractivity contribution < 1.29 is 27.4 Å². The summed E-state index contributed by atoms with van der Waals surface area (Å²) < 4.78 is 45.4. The lowest BCUT2D eigenvalue weighted by Gasteiger charge is -2.16. The fourth-order valence-electron chi connectivity index (χ4n) is 1.33. The van der Waals surface area contributed by atoms with Gasteiger partial charge in [-0.05, 0) is 6.92 Å². The van der Waals surface area contributed by atoms with E-state index in [-0.39, 0.29) is 24.4 Å². The third-order valence-corrected chi connectivity index (χ3v) is 2.06. The molecule has 0 saturated carbocycles. The fourth-order valence-corrected chi connectivity index (χ4v) is 1.33. The Bertz CT molecular complexity index is 477. The second-order valence-electron chi connectivity index (χ2n) is 3.34. The topological polar surface area (TPSA) is 100 Å². The molecule has 1 aromatic heterocycles. The van der Waals surface area contributed by atoms with E-state index >= 15 is 0 Å². The Morgan fingerprint density at radius 3 is 2.58 bits per heavy atom. The molecule has 1 heterocycles. The summed E-state index contributed by atoms with van der Waals surface area (Å²) in [6.45, 7) is 1.14. The lowest BCUT2D eigenvalue weighted by Crippen LogP contribution is -2.23. The second kappa shape index (κ2) is 5.74. The van der Waals surface area contributed by atoms with Crippen LogP contribution in [-0.4, -0.2) is 23.9 Å². The van der Waals surface area contributed by atoms with Crippen molar-refractivity contribution in [3.05, 3.63) is 17.5 Å². The number of carbonyl (C=O) groups is 1. The Labute approximate surface area is 106 Å². The molecule has 4 N–H and O–H groups in total. The number of ether oxygens (including phenoxy) is 2. The lowest BCUT2D eigenvalue weighted by molar-refractivity contribution is -0.275. The van der Waals surface area contributed by atoms with Gasteiger partial charge >= 0.3 is 12.3 Å². The number of halogens is 3. The van der Waals surface area contributed by atoms with Crippen LogP contribution in [0.5, 0.6) is 5.75 Å². The Kier molecular flexibility index (Phi) is 4.54. The van der Waals surface area contributed by atoms with Gasteiger partial charge in [0.2, 0.25) is 0 Å². The van der Waals surface area contributed by atoms with Crippen molar-refractivity contribution >= 4 is 11.7 Å². The summed E-state index contributed by atoms with van der Waals surface area (Å²) in [5, 5.41) is 0. The molecule has 0 amide bonds. The molecule has 0 aromatic carbocycles. The predicted octanol–water partition coefficient (Wildman–Crippen LogP) is 1.20. The number of pyridine rings is 1. The first-order chi connectivity index (χ1) is 8.80. The third kappa shape index (κ3) is 3.71. The molecule has 0 aliphatic heterocycles. The second-order valence-corrected chi connectivity index (χ2v) is 3.34. The summed E-state index contributed by atoms with van der Waals surface area (Å²) in [4.78, 5) is 15.0. The molecule has 106 valence electrons. The normalized spacial score (nSPS) is 11.2. The van der Waals surface area contributed by atoms with E-state index in [0.29, 0.717) is 0 Å². The van der Waals surface area contributed by atoms with E-state index in [1.807, 2.05) is 0 Å². The number of carbonyl (C=O) groups excluding carboxylic acids is 1. The van der Waals surface area contributed by atoms with Gasteiger partial charge in [0.1, 0.15) is 0 Å². The average molecular weight is 279 g/mol. The molecule has 1 aromatic rings. The third-order valence-electron chi connectivity index (χ3n) is 2.06. The number of hydrogen-bond donors (Lipinski definition) is 2. The van der Waals surface area contributed by atoms with Crippen LogP contribution in [0.15, 0.2) is 6.20 Å². The number of nitrogens with zero attached hydrogens (tertiary/aromatic N) is 1. The van der Waals surface area contributed by atoms with Crippen molar-refractivity contribution in [2.75, 3.05) is 12.3 Å². The number of aromatic nitrogens is 1. The predicted molar refractivity (Wildman–Crippen MR) is 59.2 cm³/mol. The van der Waals surface area contributed by atoms with Crippen LogP contribution in [-0.2, 0) is 11.3 Å². The van der Waals surface area contributed by atoms with Crippen LogP contribution < -0.4 is 16.2 Å².